The average Bonchev–Trinajstić information content (AvgIpc) is 2.19. The summed E-state index contributed by atoms with van der Waals surface area (Å²) in [6.07, 6.45) is 1.40. The van der Waals surface area contributed by atoms with Gasteiger partial charge in [-0.05, 0) is 6.07 Å². The average molecular weight is 194 g/mol. The second-order valence-corrected chi connectivity index (χ2v) is 2.57. The Morgan fingerprint density at radius 1 is 1.50 bits per heavy atom. The highest BCUT2D eigenvalue weighted by Gasteiger charge is 2.09. The van der Waals surface area contributed by atoms with E-state index in [0.717, 1.165) is 0 Å². The lowest BCUT2D eigenvalue weighted by atomic mass is 10.2. The van der Waals surface area contributed by atoms with E-state index in [4.69, 9.17) is 5.11 Å². The van der Waals surface area contributed by atoms with Crippen LogP contribution in [0.25, 0.3) is 0 Å². The first-order valence-electron chi connectivity index (χ1n) is 4.10. The maximum Gasteiger partial charge on any atom is 0.278 e. The molecule has 0 saturated carbocycles. The van der Waals surface area contributed by atoms with E-state index in [2.05, 4.69) is 4.99 Å². The lowest BCUT2D eigenvalue weighted by Crippen LogP contribution is -1.95. The minimum absolute atomic E-state index is 0.0224. The minimum atomic E-state index is -0.458. The molecule has 0 bridgehead atoms. The van der Waals surface area contributed by atoms with Gasteiger partial charge in [-0.2, -0.15) is 0 Å². The number of rotatable bonds is 4. The highest BCUT2D eigenvalue weighted by Crippen LogP contribution is 2.14. The van der Waals surface area contributed by atoms with Crippen molar-refractivity contribution in [3.8, 4) is 0 Å². The topological polar surface area (TPSA) is 75.7 Å². The molecule has 1 aromatic carbocycles. The van der Waals surface area contributed by atoms with Crippen LogP contribution >= 0.6 is 0 Å². The monoisotopic (exact) mass is 194 g/mol. The molecule has 5 heteroatoms. The summed E-state index contributed by atoms with van der Waals surface area (Å²) in [6.45, 7) is 0.198. The van der Waals surface area contributed by atoms with Crippen LogP contribution in [-0.2, 0) is 0 Å². The zero-order valence-electron chi connectivity index (χ0n) is 7.46. The largest absolute Gasteiger partial charge is 0.394 e. The summed E-state index contributed by atoms with van der Waals surface area (Å²) in [7, 11) is 0. The molecule has 1 aromatic rings. The smallest absolute Gasteiger partial charge is 0.278 e. The van der Waals surface area contributed by atoms with Crippen LogP contribution in [-0.4, -0.2) is 29.4 Å². The summed E-state index contributed by atoms with van der Waals surface area (Å²) in [4.78, 5) is 13.9. The molecule has 0 unspecified atom stereocenters. The van der Waals surface area contributed by atoms with Crippen molar-refractivity contribution >= 4 is 11.9 Å². The molecule has 0 aliphatic heterocycles. The number of para-hydroxylation sites is 1. The standard InChI is InChI=1S/C9H10N2O3/c12-6-5-10-7-8-3-1-2-4-9(8)11(13)14/h1-4,7,12H,5-6H2. The van der Waals surface area contributed by atoms with E-state index in [-0.39, 0.29) is 18.8 Å². The van der Waals surface area contributed by atoms with Gasteiger partial charge in [0.25, 0.3) is 5.69 Å². The quantitative estimate of drug-likeness (QED) is 0.441. The number of aliphatic imine (C=N–C) groups is 1. The van der Waals surface area contributed by atoms with Crippen molar-refractivity contribution < 1.29 is 10.0 Å². The van der Waals surface area contributed by atoms with Crippen LogP contribution in [0.4, 0.5) is 5.69 Å². The maximum absolute atomic E-state index is 10.5. The number of nitrogens with zero attached hydrogens (tertiary/aromatic N) is 2. The van der Waals surface area contributed by atoms with Crippen LogP contribution in [0.15, 0.2) is 29.3 Å². The molecule has 0 amide bonds. The molecule has 74 valence electrons. The Bertz CT molecular complexity index is 350. The highest BCUT2D eigenvalue weighted by molar-refractivity contribution is 5.85. The summed E-state index contributed by atoms with van der Waals surface area (Å²) in [5.74, 6) is 0. The van der Waals surface area contributed by atoms with Crippen molar-refractivity contribution in [1.29, 1.82) is 0 Å². The first-order valence-corrected chi connectivity index (χ1v) is 4.10. The van der Waals surface area contributed by atoms with Gasteiger partial charge in [-0.3, -0.25) is 15.1 Å². The molecular weight excluding hydrogens is 184 g/mol. The van der Waals surface area contributed by atoms with Gasteiger partial charge < -0.3 is 5.11 Å². The first-order chi connectivity index (χ1) is 6.75. The third-order valence-corrected chi connectivity index (χ3v) is 1.59. The Kier molecular flexibility index (Phi) is 3.75. The Morgan fingerprint density at radius 2 is 2.21 bits per heavy atom. The zero-order chi connectivity index (χ0) is 10.4. The van der Waals surface area contributed by atoms with Gasteiger partial charge in [-0.1, -0.05) is 12.1 Å². The van der Waals surface area contributed by atoms with Gasteiger partial charge in [0, 0.05) is 12.3 Å². The number of nitro benzene ring substituents is 1. The third-order valence-electron chi connectivity index (χ3n) is 1.59. The van der Waals surface area contributed by atoms with Crippen molar-refractivity contribution in [2.45, 2.75) is 0 Å². The molecule has 0 atom stereocenters. The fourth-order valence-electron chi connectivity index (χ4n) is 0.984. The SMILES string of the molecule is O=[N+]([O-])c1ccccc1C=NCCO. The van der Waals surface area contributed by atoms with E-state index < -0.39 is 4.92 Å². The van der Waals surface area contributed by atoms with Crippen molar-refractivity contribution in [3.05, 3.63) is 39.9 Å². The molecule has 0 radical (unpaired) electrons. The molecule has 1 rings (SSSR count). The molecule has 1 N–H and O–H groups in total. The Balaban J connectivity index is 2.90. The van der Waals surface area contributed by atoms with E-state index in [1.54, 1.807) is 18.2 Å². The van der Waals surface area contributed by atoms with Gasteiger partial charge >= 0.3 is 0 Å². The Hall–Kier alpha value is -1.75. The Labute approximate surface area is 80.9 Å². The first kappa shape index (κ1) is 10.3. The van der Waals surface area contributed by atoms with Crippen molar-refractivity contribution in [2.24, 2.45) is 4.99 Å². The number of aliphatic hydroxyl groups is 1. The number of aliphatic hydroxyl groups excluding tert-OH is 1. The molecule has 0 fully saturated rings. The molecule has 5 nitrogen and oxygen atoms in total. The van der Waals surface area contributed by atoms with Crippen LogP contribution in [0.3, 0.4) is 0 Å². The summed E-state index contributed by atoms with van der Waals surface area (Å²) < 4.78 is 0. The lowest BCUT2D eigenvalue weighted by molar-refractivity contribution is -0.385. The molecule has 0 aromatic heterocycles. The molecule has 0 aliphatic rings. The van der Waals surface area contributed by atoms with Gasteiger partial charge in [-0.15, -0.1) is 0 Å². The molecule has 14 heavy (non-hydrogen) atoms. The van der Waals surface area contributed by atoms with E-state index >= 15 is 0 Å². The van der Waals surface area contributed by atoms with Gasteiger partial charge in [0.05, 0.1) is 23.6 Å². The van der Waals surface area contributed by atoms with Crippen LogP contribution in [0.5, 0.6) is 0 Å². The predicted molar refractivity (Wildman–Crippen MR) is 52.6 cm³/mol. The van der Waals surface area contributed by atoms with Crippen molar-refractivity contribution in [1.82, 2.24) is 0 Å². The normalized spacial score (nSPS) is 10.6. The van der Waals surface area contributed by atoms with Gasteiger partial charge in [0.2, 0.25) is 0 Å². The van der Waals surface area contributed by atoms with Crippen LogP contribution in [0, 0.1) is 10.1 Å². The molecular formula is C9H10N2O3. The predicted octanol–water partition coefficient (Wildman–Crippen LogP) is 1.01. The van der Waals surface area contributed by atoms with Gasteiger partial charge in [-0.25, -0.2) is 0 Å². The van der Waals surface area contributed by atoms with Gasteiger partial charge in [0.15, 0.2) is 0 Å². The van der Waals surface area contributed by atoms with Crippen LogP contribution < -0.4 is 0 Å². The fraction of sp³-hybridized carbons (Fsp3) is 0.222. The second kappa shape index (κ2) is 5.08. The van der Waals surface area contributed by atoms with Crippen molar-refractivity contribution in [3.63, 3.8) is 0 Å². The summed E-state index contributed by atoms with van der Waals surface area (Å²) in [5, 5.41) is 19.0. The van der Waals surface area contributed by atoms with Crippen LogP contribution in [0.2, 0.25) is 0 Å². The van der Waals surface area contributed by atoms with Crippen LogP contribution in [0.1, 0.15) is 5.56 Å². The number of benzene rings is 1. The summed E-state index contributed by atoms with van der Waals surface area (Å²) in [5.41, 5.74) is 0.472. The molecule has 0 spiro atoms. The third kappa shape index (κ3) is 2.63. The fourth-order valence-corrected chi connectivity index (χ4v) is 0.984. The molecule has 0 saturated heterocycles. The molecule has 0 heterocycles. The number of nitro groups is 1. The van der Waals surface area contributed by atoms with E-state index in [9.17, 15) is 10.1 Å². The van der Waals surface area contributed by atoms with Gasteiger partial charge in [0.1, 0.15) is 0 Å². The maximum atomic E-state index is 10.5. The Morgan fingerprint density at radius 3 is 2.86 bits per heavy atom. The van der Waals surface area contributed by atoms with E-state index in [0.29, 0.717) is 5.56 Å². The summed E-state index contributed by atoms with van der Waals surface area (Å²) >= 11 is 0. The van der Waals surface area contributed by atoms with E-state index in [1.807, 2.05) is 0 Å². The second-order valence-electron chi connectivity index (χ2n) is 2.57. The number of hydrogen-bond acceptors (Lipinski definition) is 4. The lowest BCUT2D eigenvalue weighted by Gasteiger charge is -1.95. The van der Waals surface area contributed by atoms with Crippen molar-refractivity contribution in [2.75, 3.05) is 13.2 Å². The zero-order valence-corrected chi connectivity index (χ0v) is 7.46. The summed E-state index contributed by atoms with van der Waals surface area (Å²) in [6, 6.07) is 6.33. The minimum Gasteiger partial charge on any atom is -0.394 e. The van der Waals surface area contributed by atoms with E-state index in [1.165, 1.54) is 12.3 Å². The number of hydrogen-bond donors (Lipinski definition) is 1. The molecule has 0 aliphatic carbocycles. The highest BCUT2D eigenvalue weighted by atomic mass is 16.6.